The van der Waals surface area contributed by atoms with Crippen molar-refractivity contribution in [2.45, 2.75) is 0 Å². The van der Waals surface area contributed by atoms with Crippen LogP contribution in [0.3, 0.4) is 0 Å². The molecule has 0 radical (unpaired) electrons. The van der Waals surface area contributed by atoms with E-state index in [1.54, 1.807) is 30.5 Å². The quantitative estimate of drug-likeness (QED) is 0.652. The molecule has 1 N–H and O–H groups in total. The first kappa shape index (κ1) is 14.4. The molecule has 1 heterocycles. The third-order valence-corrected chi connectivity index (χ3v) is 3.08. The van der Waals surface area contributed by atoms with Crippen molar-refractivity contribution in [3.63, 3.8) is 0 Å². The van der Waals surface area contributed by atoms with E-state index in [4.69, 9.17) is 4.74 Å². The Labute approximate surface area is 129 Å². The maximum absolute atomic E-state index is 11.6. The molecule has 0 spiro atoms. The highest BCUT2D eigenvalue weighted by Crippen LogP contribution is 2.11. The maximum atomic E-state index is 11.6. The summed E-state index contributed by atoms with van der Waals surface area (Å²) in [7, 11) is 0. The second kappa shape index (κ2) is 6.99. The lowest BCUT2D eigenvalue weighted by Crippen LogP contribution is -2.20. The number of pyridine rings is 1. The second-order valence-electron chi connectivity index (χ2n) is 3.87. The number of carbonyl (C=O) groups is 2. The summed E-state index contributed by atoms with van der Waals surface area (Å²) in [6, 6.07) is 10.5. The number of amides is 1. The SMILES string of the molecule is O=C(COC(=O)c1cccnc1)Nc1ccc(I)cc1. The van der Waals surface area contributed by atoms with E-state index in [0.717, 1.165) is 3.57 Å². The number of carbonyl (C=O) groups excluding carboxylic acids is 2. The zero-order valence-corrected chi connectivity index (χ0v) is 12.5. The summed E-state index contributed by atoms with van der Waals surface area (Å²) in [5.41, 5.74) is 0.974. The number of nitrogens with zero attached hydrogens (tertiary/aromatic N) is 1. The molecule has 0 fully saturated rings. The van der Waals surface area contributed by atoms with Crippen LogP contribution in [0.25, 0.3) is 0 Å². The summed E-state index contributed by atoms with van der Waals surface area (Å²) < 4.78 is 5.97. The predicted molar refractivity (Wildman–Crippen MR) is 82.3 cm³/mol. The summed E-state index contributed by atoms with van der Waals surface area (Å²) in [5, 5.41) is 2.64. The fraction of sp³-hybridized carbons (Fsp3) is 0.0714. The second-order valence-corrected chi connectivity index (χ2v) is 5.12. The van der Waals surface area contributed by atoms with Crippen molar-refractivity contribution < 1.29 is 14.3 Å². The van der Waals surface area contributed by atoms with Crippen LogP contribution in [0, 0.1) is 3.57 Å². The summed E-state index contributed by atoms with van der Waals surface area (Å²) in [4.78, 5) is 27.0. The first-order valence-electron chi connectivity index (χ1n) is 5.78. The topological polar surface area (TPSA) is 68.3 Å². The van der Waals surface area contributed by atoms with Gasteiger partial charge in [0.1, 0.15) is 0 Å². The molecule has 6 heteroatoms. The molecular formula is C14H11IN2O3. The smallest absolute Gasteiger partial charge is 0.340 e. The van der Waals surface area contributed by atoms with Crippen LogP contribution in [0.15, 0.2) is 48.8 Å². The Morgan fingerprint density at radius 3 is 2.60 bits per heavy atom. The molecule has 0 saturated carbocycles. The first-order chi connectivity index (χ1) is 9.65. The first-order valence-corrected chi connectivity index (χ1v) is 6.85. The van der Waals surface area contributed by atoms with E-state index in [1.807, 2.05) is 12.1 Å². The lowest BCUT2D eigenvalue weighted by atomic mass is 10.3. The number of hydrogen-bond acceptors (Lipinski definition) is 4. The number of aromatic nitrogens is 1. The highest BCUT2D eigenvalue weighted by molar-refractivity contribution is 14.1. The van der Waals surface area contributed by atoms with E-state index in [0.29, 0.717) is 11.3 Å². The molecule has 5 nitrogen and oxygen atoms in total. The molecule has 102 valence electrons. The van der Waals surface area contributed by atoms with Gasteiger partial charge < -0.3 is 10.1 Å². The van der Waals surface area contributed by atoms with Gasteiger partial charge in [-0.3, -0.25) is 9.78 Å². The number of hydrogen-bond donors (Lipinski definition) is 1. The predicted octanol–water partition coefficient (Wildman–Crippen LogP) is 2.48. The van der Waals surface area contributed by atoms with Gasteiger partial charge in [-0.05, 0) is 59.0 Å². The minimum atomic E-state index is -0.573. The number of nitrogens with one attached hydrogen (secondary N) is 1. The van der Waals surface area contributed by atoms with Crippen LogP contribution < -0.4 is 5.32 Å². The fourth-order valence-electron chi connectivity index (χ4n) is 1.43. The number of ether oxygens (including phenoxy) is 1. The fourth-order valence-corrected chi connectivity index (χ4v) is 1.79. The Hall–Kier alpha value is -1.96. The van der Waals surface area contributed by atoms with Crippen LogP contribution in [0.2, 0.25) is 0 Å². The third-order valence-electron chi connectivity index (χ3n) is 2.36. The van der Waals surface area contributed by atoms with Crippen LogP contribution in [0.4, 0.5) is 5.69 Å². The minimum Gasteiger partial charge on any atom is -0.452 e. The molecule has 0 aliphatic carbocycles. The summed E-state index contributed by atoms with van der Waals surface area (Å²) in [6.45, 7) is -0.334. The molecule has 1 aromatic heterocycles. The van der Waals surface area contributed by atoms with Gasteiger partial charge in [0.15, 0.2) is 6.61 Å². The van der Waals surface area contributed by atoms with Crippen molar-refractivity contribution in [3.05, 3.63) is 57.9 Å². The Kier molecular flexibility index (Phi) is 5.05. The highest BCUT2D eigenvalue weighted by Gasteiger charge is 2.10. The number of esters is 1. The van der Waals surface area contributed by atoms with Crippen molar-refractivity contribution in [2.75, 3.05) is 11.9 Å². The van der Waals surface area contributed by atoms with E-state index in [-0.39, 0.29) is 12.5 Å². The van der Waals surface area contributed by atoms with E-state index in [2.05, 4.69) is 32.9 Å². The lowest BCUT2D eigenvalue weighted by molar-refractivity contribution is -0.119. The van der Waals surface area contributed by atoms with E-state index < -0.39 is 5.97 Å². The molecule has 0 aliphatic heterocycles. The van der Waals surface area contributed by atoms with Crippen LogP contribution in [0.1, 0.15) is 10.4 Å². The van der Waals surface area contributed by atoms with Gasteiger partial charge in [0.25, 0.3) is 5.91 Å². The summed E-state index contributed by atoms with van der Waals surface area (Å²) in [5.74, 6) is -0.959. The Bertz CT molecular complexity index is 600. The van der Waals surface area contributed by atoms with Crippen molar-refractivity contribution in [1.82, 2.24) is 4.98 Å². The largest absolute Gasteiger partial charge is 0.452 e. The van der Waals surface area contributed by atoms with Gasteiger partial charge in [-0.2, -0.15) is 0 Å². The van der Waals surface area contributed by atoms with Gasteiger partial charge in [-0.15, -0.1) is 0 Å². The standard InChI is InChI=1S/C14H11IN2O3/c15-11-3-5-12(6-4-11)17-13(18)9-20-14(19)10-2-1-7-16-8-10/h1-8H,9H2,(H,17,18). The van der Waals surface area contributed by atoms with Gasteiger partial charge in [0, 0.05) is 21.7 Å². The molecule has 20 heavy (non-hydrogen) atoms. The summed E-state index contributed by atoms with van der Waals surface area (Å²) >= 11 is 2.17. The zero-order chi connectivity index (χ0) is 14.4. The molecule has 1 aromatic carbocycles. The zero-order valence-electron chi connectivity index (χ0n) is 10.4. The van der Waals surface area contributed by atoms with Crippen molar-refractivity contribution >= 4 is 40.2 Å². The van der Waals surface area contributed by atoms with Crippen molar-refractivity contribution in [1.29, 1.82) is 0 Å². The Morgan fingerprint density at radius 1 is 1.20 bits per heavy atom. The monoisotopic (exact) mass is 382 g/mol. The number of halogens is 1. The Balaban J connectivity index is 1.83. The maximum Gasteiger partial charge on any atom is 0.340 e. The van der Waals surface area contributed by atoms with Crippen LogP contribution in [-0.2, 0) is 9.53 Å². The number of rotatable bonds is 4. The van der Waals surface area contributed by atoms with Gasteiger partial charge in [-0.25, -0.2) is 4.79 Å². The average Bonchev–Trinajstić information content (AvgIpc) is 2.48. The van der Waals surface area contributed by atoms with Crippen molar-refractivity contribution in [3.8, 4) is 0 Å². The van der Waals surface area contributed by atoms with E-state index >= 15 is 0 Å². The summed E-state index contributed by atoms with van der Waals surface area (Å²) in [6.07, 6.45) is 2.94. The lowest BCUT2D eigenvalue weighted by Gasteiger charge is -2.06. The molecule has 0 unspecified atom stereocenters. The molecule has 2 aromatic rings. The van der Waals surface area contributed by atoms with E-state index in [9.17, 15) is 9.59 Å². The van der Waals surface area contributed by atoms with Gasteiger partial charge >= 0.3 is 5.97 Å². The van der Waals surface area contributed by atoms with Crippen molar-refractivity contribution in [2.24, 2.45) is 0 Å². The van der Waals surface area contributed by atoms with E-state index in [1.165, 1.54) is 6.20 Å². The van der Waals surface area contributed by atoms with Crippen LogP contribution >= 0.6 is 22.6 Å². The number of anilines is 1. The van der Waals surface area contributed by atoms with Gasteiger partial charge in [0.2, 0.25) is 0 Å². The Morgan fingerprint density at radius 2 is 1.95 bits per heavy atom. The molecule has 0 saturated heterocycles. The normalized spacial score (nSPS) is 9.85. The molecule has 0 atom stereocenters. The molecular weight excluding hydrogens is 371 g/mol. The van der Waals surface area contributed by atoms with Gasteiger partial charge in [0.05, 0.1) is 5.56 Å². The van der Waals surface area contributed by atoms with Crippen LogP contribution in [-0.4, -0.2) is 23.5 Å². The molecule has 2 rings (SSSR count). The molecule has 0 aliphatic rings. The highest BCUT2D eigenvalue weighted by atomic mass is 127. The van der Waals surface area contributed by atoms with Gasteiger partial charge in [-0.1, -0.05) is 0 Å². The minimum absolute atomic E-state index is 0.314. The number of benzene rings is 1. The third kappa shape index (κ3) is 4.30. The average molecular weight is 382 g/mol. The van der Waals surface area contributed by atoms with Crippen LogP contribution in [0.5, 0.6) is 0 Å². The molecule has 0 bridgehead atoms. The molecule has 1 amide bonds.